The minimum absolute atomic E-state index is 0.0775. The molecule has 5 heteroatoms. The lowest BCUT2D eigenvalue weighted by Crippen LogP contribution is -2.48. The van der Waals surface area contributed by atoms with Gasteiger partial charge in [0, 0.05) is 32.7 Å². The van der Waals surface area contributed by atoms with Crippen LogP contribution in [0.1, 0.15) is 51.0 Å². The molecule has 0 aromatic carbocycles. The predicted molar refractivity (Wildman–Crippen MR) is 85.7 cm³/mol. The normalized spacial score (nSPS) is 22.9. The van der Waals surface area contributed by atoms with Crippen molar-refractivity contribution in [2.24, 2.45) is 0 Å². The molecule has 1 atom stereocenters. The summed E-state index contributed by atoms with van der Waals surface area (Å²) in [5.74, 6) is 1.26. The van der Waals surface area contributed by atoms with Gasteiger partial charge in [-0.1, -0.05) is 13.8 Å². The average molecular weight is 292 g/mol. The van der Waals surface area contributed by atoms with Crippen LogP contribution >= 0.6 is 0 Å². The van der Waals surface area contributed by atoms with E-state index in [9.17, 15) is 0 Å². The number of anilines is 1. The van der Waals surface area contributed by atoms with Crippen molar-refractivity contribution in [3.63, 3.8) is 0 Å². The molecule has 0 bridgehead atoms. The lowest BCUT2D eigenvalue weighted by molar-refractivity contribution is -0.00471. The van der Waals surface area contributed by atoms with E-state index in [4.69, 9.17) is 9.72 Å². The molecule has 0 radical (unpaired) electrons. The average Bonchev–Trinajstić information content (AvgIpc) is 2.47. The molecule has 0 aliphatic carbocycles. The maximum atomic E-state index is 5.69. The van der Waals surface area contributed by atoms with E-state index in [0.717, 1.165) is 49.7 Å². The van der Waals surface area contributed by atoms with Gasteiger partial charge in [-0.15, -0.1) is 0 Å². The van der Waals surface area contributed by atoms with Crippen molar-refractivity contribution < 1.29 is 4.74 Å². The van der Waals surface area contributed by atoms with Crippen LogP contribution in [-0.2, 0) is 11.3 Å². The van der Waals surface area contributed by atoms with Crippen molar-refractivity contribution >= 4 is 5.69 Å². The van der Waals surface area contributed by atoms with E-state index in [1.807, 2.05) is 13.2 Å². The Balaban J connectivity index is 2.29. The molecule has 0 saturated carbocycles. The molecule has 1 unspecified atom stereocenters. The highest BCUT2D eigenvalue weighted by atomic mass is 16.5. The fraction of sp³-hybridized carbons (Fsp3) is 0.750. The van der Waals surface area contributed by atoms with E-state index in [1.165, 1.54) is 0 Å². The van der Waals surface area contributed by atoms with Crippen LogP contribution in [0.5, 0.6) is 0 Å². The number of nitrogens with zero attached hydrogens (tertiary/aromatic N) is 3. The molecule has 5 nitrogen and oxygen atoms in total. The van der Waals surface area contributed by atoms with E-state index < -0.39 is 0 Å². The Labute approximate surface area is 128 Å². The van der Waals surface area contributed by atoms with Crippen molar-refractivity contribution in [3.05, 3.63) is 17.7 Å². The Kier molecular flexibility index (Phi) is 5.17. The molecule has 1 N–H and O–H groups in total. The third kappa shape index (κ3) is 3.71. The smallest absolute Gasteiger partial charge is 0.131 e. The summed E-state index contributed by atoms with van der Waals surface area (Å²) in [4.78, 5) is 11.7. The fourth-order valence-corrected chi connectivity index (χ4v) is 2.84. The molecule has 1 aliphatic heterocycles. The Bertz CT molecular complexity index is 477. The second-order valence-electron chi connectivity index (χ2n) is 6.42. The maximum Gasteiger partial charge on any atom is 0.131 e. The van der Waals surface area contributed by atoms with Crippen molar-refractivity contribution in [2.75, 3.05) is 32.1 Å². The van der Waals surface area contributed by atoms with E-state index in [-0.39, 0.29) is 5.60 Å². The molecule has 1 aromatic rings. The lowest BCUT2D eigenvalue weighted by atomic mass is 9.94. The fourth-order valence-electron chi connectivity index (χ4n) is 2.84. The van der Waals surface area contributed by atoms with Crippen LogP contribution in [0.4, 0.5) is 5.69 Å². The molecule has 1 aromatic heterocycles. The van der Waals surface area contributed by atoms with Gasteiger partial charge >= 0.3 is 0 Å². The van der Waals surface area contributed by atoms with Crippen LogP contribution in [0.25, 0.3) is 0 Å². The molecule has 21 heavy (non-hydrogen) atoms. The second kappa shape index (κ2) is 6.71. The first-order chi connectivity index (χ1) is 9.99. The first-order valence-corrected chi connectivity index (χ1v) is 7.79. The Morgan fingerprint density at radius 3 is 2.86 bits per heavy atom. The van der Waals surface area contributed by atoms with Gasteiger partial charge in [0.2, 0.25) is 0 Å². The van der Waals surface area contributed by atoms with Gasteiger partial charge < -0.3 is 15.0 Å². The highest BCUT2D eigenvalue weighted by Gasteiger charge is 2.32. The molecule has 2 rings (SSSR count). The van der Waals surface area contributed by atoms with Crippen LogP contribution < -0.4 is 10.2 Å². The van der Waals surface area contributed by atoms with Gasteiger partial charge in [-0.2, -0.15) is 0 Å². The summed E-state index contributed by atoms with van der Waals surface area (Å²) in [6.07, 6.45) is 4.22. The van der Waals surface area contributed by atoms with Crippen molar-refractivity contribution in [3.8, 4) is 0 Å². The van der Waals surface area contributed by atoms with Crippen LogP contribution in [0.15, 0.2) is 6.20 Å². The summed E-state index contributed by atoms with van der Waals surface area (Å²) in [6.45, 7) is 9.13. The molecular weight excluding hydrogens is 264 g/mol. The van der Waals surface area contributed by atoms with E-state index in [0.29, 0.717) is 5.92 Å². The summed E-state index contributed by atoms with van der Waals surface area (Å²) in [5.41, 5.74) is 2.14. The summed E-state index contributed by atoms with van der Waals surface area (Å²) >= 11 is 0. The Morgan fingerprint density at radius 2 is 2.24 bits per heavy atom. The number of methoxy groups -OCH3 is 1. The molecule has 1 aliphatic rings. The predicted octanol–water partition coefficient (Wildman–Crippen LogP) is 2.32. The second-order valence-corrected chi connectivity index (χ2v) is 6.42. The standard InChI is InChI=1S/C16H28N4O/c1-12(2)15-18-10-14(13(19-15)9-17-4)20-8-6-7-16(3,11-20)21-5/h10,12,17H,6-9,11H2,1-5H3. The first-order valence-electron chi connectivity index (χ1n) is 7.79. The van der Waals surface area contributed by atoms with Gasteiger partial charge in [0.15, 0.2) is 0 Å². The maximum absolute atomic E-state index is 5.69. The number of nitrogens with one attached hydrogen (secondary N) is 1. The number of aromatic nitrogens is 2. The van der Waals surface area contributed by atoms with Gasteiger partial charge in [-0.25, -0.2) is 9.97 Å². The lowest BCUT2D eigenvalue weighted by Gasteiger charge is -2.41. The molecule has 118 valence electrons. The zero-order valence-corrected chi connectivity index (χ0v) is 13.9. The number of rotatable bonds is 5. The number of piperidine rings is 1. The molecule has 1 fully saturated rings. The third-order valence-electron chi connectivity index (χ3n) is 4.22. The minimum Gasteiger partial charge on any atom is -0.377 e. The van der Waals surface area contributed by atoms with E-state index in [2.05, 4.69) is 36.0 Å². The topological polar surface area (TPSA) is 50.3 Å². The molecule has 2 heterocycles. The van der Waals surface area contributed by atoms with Crippen LogP contribution in [0, 0.1) is 0 Å². The third-order valence-corrected chi connectivity index (χ3v) is 4.22. The van der Waals surface area contributed by atoms with Gasteiger partial charge in [0.1, 0.15) is 5.82 Å². The zero-order chi connectivity index (χ0) is 15.5. The first kappa shape index (κ1) is 16.2. The van der Waals surface area contributed by atoms with Crippen molar-refractivity contribution in [1.82, 2.24) is 15.3 Å². The number of hydrogen-bond acceptors (Lipinski definition) is 5. The molecule has 0 spiro atoms. The van der Waals surface area contributed by atoms with Crippen LogP contribution in [0.3, 0.4) is 0 Å². The summed E-state index contributed by atoms with van der Waals surface area (Å²) in [5, 5.41) is 3.22. The summed E-state index contributed by atoms with van der Waals surface area (Å²) < 4.78 is 5.69. The number of hydrogen-bond donors (Lipinski definition) is 1. The monoisotopic (exact) mass is 292 g/mol. The van der Waals surface area contributed by atoms with Gasteiger partial charge in [0.25, 0.3) is 0 Å². The van der Waals surface area contributed by atoms with Gasteiger partial charge in [0.05, 0.1) is 23.2 Å². The van der Waals surface area contributed by atoms with Gasteiger partial charge in [-0.05, 0) is 26.8 Å². The zero-order valence-electron chi connectivity index (χ0n) is 13.9. The van der Waals surface area contributed by atoms with E-state index in [1.54, 1.807) is 7.11 Å². The summed E-state index contributed by atoms with van der Waals surface area (Å²) in [7, 11) is 3.76. The van der Waals surface area contributed by atoms with Crippen molar-refractivity contribution in [1.29, 1.82) is 0 Å². The quantitative estimate of drug-likeness (QED) is 0.902. The largest absolute Gasteiger partial charge is 0.377 e. The minimum atomic E-state index is -0.0775. The van der Waals surface area contributed by atoms with Crippen molar-refractivity contribution in [2.45, 2.75) is 51.7 Å². The molecule has 1 saturated heterocycles. The van der Waals surface area contributed by atoms with Gasteiger partial charge in [-0.3, -0.25) is 0 Å². The van der Waals surface area contributed by atoms with Crippen LogP contribution in [0.2, 0.25) is 0 Å². The van der Waals surface area contributed by atoms with E-state index >= 15 is 0 Å². The Hall–Kier alpha value is -1.20. The summed E-state index contributed by atoms with van der Waals surface area (Å²) in [6, 6.07) is 0. The Morgan fingerprint density at radius 1 is 1.48 bits per heavy atom. The molecular formula is C16H28N4O. The highest BCUT2D eigenvalue weighted by molar-refractivity contribution is 5.50. The molecule has 0 amide bonds. The number of ether oxygens (including phenoxy) is 1. The van der Waals surface area contributed by atoms with Crippen LogP contribution in [-0.4, -0.2) is 42.8 Å². The highest BCUT2D eigenvalue weighted by Crippen LogP contribution is 2.29. The SMILES string of the molecule is CNCc1nc(C(C)C)ncc1N1CCCC(C)(OC)C1.